The number of carbonyl (C=O) groups excluding carboxylic acids is 2. The van der Waals surface area contributed by atoms with E-state index in [2.05, 4.69) is 5.32 Å². The number of furan rings is 1. The highest BCUT2D eigenvalue weighted by Gasteiger charge is 2.22. The Balaban J connectivity index is 1.44. The van der Waals surface area contributed by atoms with Gasteiger partial charge in [0.05, 0.1) is 11.1 Å². The first-order chi connectivity index (χ1) is 13.2. The van der Waals surface area contributed by atoms with E-state index in [-0.39, 0.29) is 11.8 Å². The van der Waals surface area contributed by atoms with Gasteiger partial charge in [-0.25, -0.2) is 0 Å². The molecule has 3 aromatic rings. The van der Waals surface area contributed by atoms with Crippen molar-refractivity contribution >= 4 is 34.9 Å². The molecule has 2 amide bonds. The van der Waals surface area contributed by atoms with E-state index in [4.69, 9.17) is 4.42 Å². The van der Waals surface area contributed by atoms with E-state index >= 15 is 0 Å². The maximum atomic E-state index is 12.6. The van der Waals surface area contributed by atoms with Crippen molar-refractivity contribution in [2.24, 2.45) is 0 Å². The Morgan fingerprint density at radius 2 is 2.07 bits per heavy atom. The van der Waals surface area contributed by atoms with Gasteiger partial charge in [-0.05, 0) is 59.3 Å². The number of anilines is 1. The maximum absolute atomic E-state index is 12.6. The van der Waals surface area contributed by atoms with Gasteiger partial charge in [-0.3, -0.25) is 9.59 Å². The largest absolute Gasteiger partial charge is 0.465 e. The average Bonchev–Trinajstić information content (AvgIpc) is 3.39. The zero-order chi connectivity index (χ0) is 18.6. The van der Waals surface area contributed by atoms with Crippen molar-refractivity contribution in [1.29, 1.82) is 0 Å². The lowest BCUT2D eigenvalue weighted by molar-refractivity contribution is -0.111. The number of fused-ring (bicyclic) bond motifs is 1. The minimum absolute atomic E-state index is 0.0615. The molecule has 0 fully saturated rings. The first-order valence-corrected chi connectivity index (χ1v) is 9.54. The Bertz CT molecular complexity index is 975. The molecule has 0 aliphatic carbocycles. The lowest BCUT2D eigenvalue weighted by Gasteiger charge is -2.29. The molecule has 4 rings (SSSR count). The minimum Gasteiger partial charge on any atom is -0.465 e. The molecule has 0 unspecified atom stereocenters. The fraction of sp³-hybridized carbons (Fsp3) is 0.143. The maximum Gasteiger partial charge on any atom is 0.264 e. The Morgan fingerprint density at radius 3 is 2.85 bits per heavy atom. The number of benzene rings is 1. The molecule has 136 valence electrons. The number of hydrogen-bond acceptors (Lipinski definition) is 4. The fourth-order valence-corrected chi connectivity index (χ4v) is 3.78. The summed E-state index contributed by atoms with van der Waals surface area (Å²) in [7, 11) is 0. The van der Waals surface area contributed by atoms with E-state index in [1.165, 1.54) is 23.0 Å². The molecule has 0 radical (unpaired) electrons. The molecule has 2 aromatic heterocycles. The summed E-state index contributed by atoms with van der Waals surface area (Å²) in [5.41, 5.74) is 3.00. The average molecular weight is 378 g/mol. The summed E-state index contributed by atoms with van der Waals surface area (Å²) >= 11 is 1.46. The summed E-state index contributed by atoms with van der Waals surface area (Å²) in [6.45, 7) is 1.26. The molecule has 1 aliphatic rings. The van der Waals surface area contributed by atoms with Crippen LogP contribution in [-0.2, 0) is 17.8 Å². The number of hydrogen-bond donors (Lipinski definition) is 1. The summed E-state index contributed by atoms with van der Waals surface area (Å²) < 4.78 is 5.17. The molecule has 0 atom stereocenters. The standard InChI is InChI=1S/C21H18N2O3S/c24-20(8-7-18-3-1-11-26-18)22-17-6-5-15-9-10-23(14-16(15)13-17)21(25)19-4-2-12-27-19/h1-8,11-13H,9-10,14H2,(H,22,24). The van der Waals surface area contributed by atoms with Gasteiger partial charge in [0.25, 0.3) is 5.91 Å². The smallest absolute Gasteiger partial charge is 0.264 e. The summed E-state index contributed by atoms with van der Waals surface area (Å²) in [5, 5.41) is 4.77. The van der Waals surface area contributed by atoms with E-state index in [0.717, 1.165) is 16.9 Å². The third-order valence-electron chi connectivity index (χ3n) is 4.45. The van der Waals surface area contributed by atoms with Crippen LogP contribution in [-0.4, -0.2) is 23.3 Å². The molecule has 0 saturated heterocycles. The van der Waals surface area contributed by atoms with Gasteiger partial charge in [-0.2, -0.15) is 0 Å². The Labute approximate surface area is 160 Å². The molecule has 6 heteroatoms. The number of carbonyl (C=O) groups is 2. The van der Waals surface area contributed by atoms with Crippen LogP contribution in [0.1, 0.15) is 26.6 Å². The van der Waals surface area contributed by atoms with E-state index in [9.17, 15) is 9.59 Å². The Hall–Kier alpha value is -3.12. The molecular weight excluding hydrogens is 360 g/mol. The topological polar surface area (TPSA) is 62.6 Å². The fourth-order valence-electron chi connectivity index (χ4n) is 3.09. The summed E-state index contributed by atoms with van der Waals surface area (Å²) in [6.07, 6.45) is 5.43. The molecule has 27 heavy (non-hydrogen) atoms. The van der Waals surface area contributed by atoms with E-state index in [0.29, 0.717) is 24.5 Å². The Kier molecular flexibility index (Phi) is 4.89. The molecule has 0 spiro atoms. The van der Waals surface area contributed by atoms with Crippen molar-refractivity contribution in [3.63, 3.8) is 0 Å². The van der Waals surface area contributed by atoms with Crippen LogP contribution in [0.3, 0.4) is 0 Å². The third-order valence-corrected chi connectivity index (χ3v) is 5.31. The predicted molar refractivity (Wildman–Crippen MR) is 106 cm³/mol. The first-order valence-electron chi connectivity index (χ1n) is 8.66. The zero-order valence-corrected chi connectivity index (χ0v) is 15.4. The second kappa shape index (κ2) is 7.63. The van der Waals surface area contributed by atoms with Gasteiger partial charge in [0, 0.05) is 24.9 Å². The van der Waals surface area contributed by atoms with Gasteiger partial charge in [0.15, 0.2) is 0 Å². The van der Waals surface area contributed by atoms with E-state index in [1.54, 1.807) is 24.5 Å². The second-order valence-corrected chi connectivity index (χ2v) is 7.22. The van der Waals surface area contributed by atoms with Crippen LogP contribution in [0.4, 0.5) is 5.69 Å². The normalized spacial score (nSPS) is 13.6. The van der Waals surface area contributed by atoms with Crippen LogP contribution in [0, 0.1) is 0 Å². The van der Waals surface area contributed by atoms with Crippen molar-refractivity contribution in [2.45, 2.75) is 13.0 Å². The van der Waals surface area contributed by atoms with Crippen LogP contribution in [0.25, 0.3) is 6.08 Å². The van der Waals surface area contributed by atoms with Crippen molar-refractivity contribution in [1.82, 2.24) is 4.90 Å². The van der Waals surface area contributed by atoms with Crippen molar-refractivity contribution in [2.75, 3.05) is 11.9 Å². The first kappa shape index (κ1) is 17.3. The highest BCUT2D eigenvalue weighted by molar-refractivity contribution is 7.12. The zero-order valence-electron chi connectivity index (χ0n) is 14.6. The van der Waals surface area contributed by atoms with Crippen molar-refractivity contribution in [3.8, 4) is 0 Å². The van der Waals surface area contributed by atoms with Crippen molar-refractivity contribution < 1.29 is 14.0 Å². The SMILES string of the molecule is O=C(C=Cc1ccco1)Nc1ccc2c(c1)CN(C(=O)c1cccs1)CC2. The predicted octanol–water partition coefficient (Wildman–Crippen LogP) is 4.19. The highest BCUT2D eigenvalue weighted by Crippen LogP contribution is 2.25. The van der Waals surface area contributed by atoms with Gasteiger partial charge in [-0.15, -0.1) is 11.3 Å². The van der Waals surface area contributed by atoms with Crippen LogP contribution in [0.2, 0.25) is 0 Å². The molecule has 1 aromatic carbocycles. The van der Waals surface area contributed by atoms with Gasteiger partial charge in [-0.1, -0.05) is 12.1 Å². The molecular formula is C21H18N2O3S. The summed E-state index contributed by atoms with van der Waals surface area (Å²) in [4.78, 5) is 27.3. The van der Waals surface area contributed by atoms with Gasteiger partial charge >= 0.3 is 0 Å². The third kappa shape index (κ3) is 4.01. The van der Waals surface area contributed by atoms with Crippen LogP contribution < -0.4 is 5.32 Å². The second-order valence-electron chi connectivity index (χ2n) is 6.28. The van der Waals surface area contributed by atoms with Crippen LogP contribution >= 0.6 is 11.3 Å². The molecule has 5 nitrogen and oxygen atoms in total. The number of rotatable bonds is 4. The van der Waals surface area contributed by atoms with Gasteiger partial charge in [0.2, 0.25) is 5.91 Å². The summed E-state index contributed by atoms with van der Waals surface area (Å²) in [5.74, 6) is 0.457. The highest BCUT2D eigenvalue weighted by atomic mass is 32.1. The van der Waals surface area contributed by atoms with E-state index in [1.807, 2.05) is 40.6 Å². The minimum atomic E-state index is -0.228. The number of nitrogens with one attached hydrogen (secondary N) is 1. The lowest BCUT2D eigenvalue weighted by atomic mass is 9.99. The number of nitrogens with zero attached hydrogens (tertiary/aromatic N) is 1. The lowest BCUT2D eigenvalue weighted by Crippen LogP contribution is -2.35. The van der Waals surface area contributed by atoms with Gasteiger partial charge < -0.3 is 14.6 Å². The van der Waals surface area contributed by atoms with Crippen LogP contribution in [0.5, 0.6) is 0 Å². The quantitative estimate of drug-likeness (QED) is 0.693. The van der Waals surface area contributed by atoms with Gasteiger partial charge in [0.1, 0.15) is 5.76 Å². The van der Waals surface area contributed by atoms with E-state index < -0.39 is 0 Å². The van der Waals surface area contributed by atoms with Crippen LogP contribution in [0.15, 0.2) is 64.6 Å². The van der Waals surface area contributed by atoms with Crippen molar-refractivity contribution in [3.05, 3.63) is 81.9 Å². The molecule has 3 heterocycles. The number of amides is 2. The monoisotopic (exact) mass is 378 g/mol. The molecule has 1 N–H and O–H groups in total. The molecule has 0 saturated carbocycles. The number of thiophene rings is 1. The Morgan fingerprint density at radius 1 is 1.15 bits per heavy atom. The molecule has 1 aliphatic heterocycles. The molecule has 0 bridgehead atoms. The summed E-state index contributed by atoms with van der Waals surface area (Å²) in [6, 6.07) is 13.2.